The Morgan fingerprint density at radius 3 is 2.57 bits per heavy atom. The summed E-state index contributed by atoms with van der Waals surface area (Å²) in [4.78, 5) is 21.5. The van der Waals surface area contributed by atoms with Crippen LogP contribution in [-0.2, 0) is 14.5 Å². The summed E-state index contributed by atoms with van der Waals surface area (Å²) in [5, 5.41) is 0. The summed E-state index contributed by atoms with van der Waals surface area (Å²) in [6.45, 7) is 3.32. The van der Waals surface area contributed by atoms with Crippen LogP contribution in [0.3, 0.4) is 0 Å². The average Bonchev–Trinajstić information content (AvgIpc) is 2.53. The van der Waals surface area contributed by atoms with Crippen molar-refractivity contribution in [3.63, 3.8) is 0 Å². The van der Waals surface area contributed by atoms with Crippen molar-refractivity contribution in [2.45, 2.75) is 19.8 Å². The molecule has 0 N–H and O–H groups in total. The van der Waals surface area contributed by atoms with E-state index >= 15 is 0 Å². The standard InChI is InChI=1S/C15H22O6/c1-4-5-8-19-9-10-20-21-15(16)13-11-12(17-2)6-7-14(13)18-3/h6-7,11H,4-5,8-10H2,1-3H3. The van der Waals surface area contributed by atoms with Gasteiger partial charge < -0.3 is 14.2 Å². The fraction of sp³-hybridized carbons (Fsp3) is 0.533. The number of rotatable bonds is 10. The van der Waals surface area contributed by atoms with E-state index in [1.165, 1.54) is 20.3 Å². The van der Waals surface area contributed by atoms with Gasteiger partial charge in [0.2, 0.25) is 0 Å². The zero-order valence-corrected chi connectivity index (χ0v) is 12.7. The molecule has 0 unspecified atom stereocenters. The summed E-state index contributed by atoms with van der Waals surface area (Å²) in [5.74, 6) is 0.286. The molecule has 0 fully saturated rings. The van der Waals surface area contributed by atoms with Crippen LogP contribution in [-0.4, -0.2) is 40.0 Å². The van der Waals surface area contributed by atoms with Gasteiger partial charge in [0.1, 0.15) is 23.7 Å². The smallest absolute Gasteiger partial charge is 0.376 e. The topological polar surface area (TPSA) is 63.2 Å². The predicted molar refractivity (Wildman–Crippen MR) is 76.6 cm³/mol. The van der Waals surface area contributed by atoms with Gasteiger partial charge in [0, 0.05) is 6.61 Å². The lowest BCUT2D eigenvalue weighted by Gasteiger charge is -2.09. The zero-order chi connectivity index (χ0) is 15.5. The van der Waals surface area contributed by atoms with Gasteiger partial charge in [0.25, 0.3) is 0 Å². The van der Waals surface area contributed by atoms with E-state index in [1.54, 1.807) is 12.1 Å². The molecular weight excluding hydrogens is 276 g/mol. The molecule has 0 heterocycles. The van der Waals surface area contributed by atoms with Gasteiger partial charge in [-0.05, 0) is 24.6 Å². The molecule has 0 saturated carbocycles. The molecule has 6 heteroatoms. The van der Waals surface area contributed by atoms with Crippen LogP contribution in [0.5, 0.6) is 11.5 Å². The lowest BCUT2D eigenvalue weighted by Crippen LogP contribution is -2.11. The van der Waals surface area contributed by atoms with Gasteiger partial charge in [-0.15, -0.1) is 0 Å². The van der Waals surface area contributed by atoms with Gasteiger partial charge in [-0.2, -0.15) is 4.89 Å². The molecule has 0 bridgehead atoms. The minimum atomic E-state index is -0.640. The van der Waals surface area contributed by atoms with E-state index in [9.17, 15) is 4.79 Å². The molecule has 1 aromatic carbocycles. The number of methoxy groups -OCH3 is 2. The summed E-state index contributed by atoms with van der Waals surface area (Å²) < 4.78 is 15.4. The van der Waals surface area contributed by atoms with Crippen molar-refractivity contribution in [2.75, 3.05) is 34.0 Å². The van der Waals surface area contributed by atoms with Crippen LogP contribution in [0.25, 0.3) is 0 Å². The van der Waals surface area contributed by atoms with E-state index in [4.69, 9.17) is 24.0 Å². The van der Waals surface area contributed by atoms with Crippen LogP contribution in [0, 0.1) is 0 Å². The number of carbonyl (C=O) groups excluding carboxylic acids is 1. The van der Waals surface area contributed by atoms with Gasteiger partial charge in [0.05, 0.1) is 20.8 Å². The number of ether oxygens (including phenoxy) is 3. The third-order valence-electron chi connectivity index (χ3n) is 2.71. The number of hydrogen-bond donors (Lipinski definition) is 0. The summed E-state index contributed by atoms with van der Waals surface area (Å²) in [5.41, 5.74) is 0.240. The Kier molecular flexibility index (Phi) is 8.23. The quantitative estimate of drug-likeness (QED) is 0.376. The first kappa shape index (κ1) is 17.3. The molecule has 118 valence electrons. The van der Waals surface area contributed by atoms with E-state index in [0.717, 1.165) is 12.8 Å². The van der Waals surface area contributed by atoms with E-state index < -0.39 is 5.97 Å². The summed E-state index contributed by atoms with van der Waals surface area (Å²) in [6.07, 6.45) is 2.08. The van der Waals surface area contributed by atoms with Gasteiger partial charge in [-0.1, -0.05) is 13.3 Å². The van der Waals surface area contributed by atoms with Crippen molar-refractivity contribution < 1.29 is 28.8 Å². The molecule has 21 heavy (non-hydrogen) atoms. The average molecular weight is 298 g/mol. The molecule has 1 aromatic rings. The van der Waals surface area contributed by atoms with Crippen LogP contribution in [0.2, 0.25) is 0 Å². The second kappa shape index (κ2) is 10.0. The summed E-state index contributed by atoms with van der Waals surface area (Å²) in [6, 6.07) is 4.85. The second-order valence-electron chi connectivity index (χ2n) is 4.22. The van der Waals surface area contributed by atoms with Gasteiger partial charge >= 0.3 is 5.97 Å². The maximum atomic E-state index is 11.9. The van der Waals surface area contributed by atoms with E-state index in [-0.39, 0.29) is 12.2 Å². The first-order chi connectivity index (χ1) is 10.2. The lowest BCUT2D eigenvalue weighted by molar-refractivity contribution is -0.247. The normalized spacial score (nSPS) is 10.2. The molecule has 0 aliphatic carbocycles. The van der Waals surface area contributed by atoms with E-state index in [0.29, 0.717) is 24.7 Å². The molecule has 0 spiro atoms. The van der Waals surface area contributed by atoms with E-state index in [2.05, 4.69) is 6.92 Å². The van der Waals surface area contributed by atoms with Crippen LogP contribution in [0.1, 0.15) is 30.1 Å². The second-order valence-corrected chi connectivity index (χ2v) is 4.22. The largest absolute Gasteiger partial charge is 0.497 e. The molecule has 0 amide bonds. The molecule has 0 aliphatic heterocycles. The molecule has 6 nitrogen and oxygen atoms in total. The Labute approximate surface area is 124 Å². The van der Waals surface area contributed by atoms with Crippen LogP contribution < -0.4 is 9.47 Å². The van der Waals surface area contributed by atoms with Crippen molar-refractivity contribution in [2.24, 2.45) is 0 Å². The SMILES string of the molecule is CCCCOCCOOC(=O)c1cc(OC)ccc1OC. The number of unbranched alkanes of at least 4 members (excludes halogenated alkanes) is 1. The minimum Gasteiger partial charge on any atom is -0.497 e. The summed E-state index contributed by atoms with van der Waals surface area (Å²) in [7, 11) is 2.99. The third kappa shape index (κ3) is 6.01. The van der Waals surface area contributed by atoms with Crippen molar-refractivity contribution in [3.05, 3.63) is 23.8 Å². The Bertz CT molecular complexity index is 432. The molecule has 1 rings (SSSR count). The van der Waals surface area contributed by atoms with Crippen LogP contribution >= 0.6 is 0 Å². The molecule has 0 radical (unpaired) electrons. The Morgan fingerprint density at radius 2 is 1.90 bits per heavy atom. The van der Waals surface area contributed by atoms with Crippen LogP contribution in [0.15, 0.2) is 18.2 Å². The van der Waals surface area contributed by atoms with Crippen molar-refractivity contribution in [1.29, 1.82) is 0 Å². The van der Waals surface area contributed by atoms with Gasteiger partial charge in [-0.25, -0.2) is 4.79 Å². The zero-order valence-electron chi connectivity index (χ0n) is 12.7. The molecule has 0 aromatic heterocycles. The van der Waals surface area contributed by atoms with Crippen molar-refractivity contribution >= 4 is 5.97 Å². The molecular formula is C15H22O6. The van der Waals surface area contributed by atoms with Crippen molar-refractivity contribution in [3.8, 4) is 11.5 Å². The number of benzene rings is 1. The highest BCUT2D eigenvalue weighted by Crippen LogP contribution is 2.24. The lowest BCUT2D eigenvalue weighted by atomic mass is 10.2. The fourth-order valence-electron chi connectivity index (χ4n) is 1.56. The molecule has 0 aliphatic rings. The highest BCUT2D eigenvalue weighted by Gasteiger charge is 2.16. The maximum absolute atomic E-state index is 11.9. The predicted octanol–water partition coefficient (Wildman–Crippen LogP) is 2.61. The summed E-state index contributed by atoms with van der Waals surface area (Å²) >= 11 is 0. The Balaban J connectivity index is 2.41. The Morgan fingerprint density at radius 1 is 1.10 bits per heavy atom. The Hall–Kier alpha value is -1.79. The highest BCUT2D eigenvalue weighted by molar-refractivity contribution is 5.92. The number of carbonyl (C=O) groups is 1. The fourth-order valence-corrected chi connectivity index (χ4v) is 1.56. The number of hydrogen-bond acceptors (Lipinski definition) is 6. The monoisotopic (exact) mass is 298 g/mol. The first-order valence-corrected chi connectivity index (χ1v) is 6.86. The first-order valence-electron chi connectivity index (χ1n) is 6.86. The van der Waals surface area contributed by atoms with Gasteiger partial charge in [-0.3, -0.25) is 4.89 Å². The molecule has 0 atom stereocenters. The maximum Gasteiger partial charge on any atom is 0.376 e. The minimum absolute atomic E-state index is 0.182. The highest BCUT2D eigenvalue weighted by atomic mass is 17.2. The third-order valence-corrected chi connectivity index (χ3v) is 2.71. The van der Waals surface area contributed by atoms with Crippen molar-refractivity contribution in [1.82, 2.24) is 0 Å². The van der Waals surface area contributed by atoms with Gasteiger partial charge in [0.15, 0.2) is 0 Å². The van der Waals surface area contributed by atoms with Crippen LogP contribution in [0.4, 0.5) is 0 Å². The van der Waals surface area contributed by atoms with E-state index in [1.807, 2.05) is 0 Å². The molecule has 0 saturated heterocycles.